The van der Waals surface area contributed by atoms with Crippen molar-refractivity contribution in [3.05, 3.63) is 93.3 Å². The van der Waals surface area contributed by atoms with E-state index in [1.165, 1.54) is 95.5 Å². The summed E-state index contributed by atoms with van der Waals surface area (Å²) < 4.78 is 80.1. The minimum Gasteiger partial charge on any atom is -0.465 e. The number of esters is 2. The molecule has 4 aliphatic heterocycles. The summed E-state index contributed by atoms with van der Waals surface area (Å²) in [6.07, 6.45) is 27.0. The van der Waals surface area contributed by atoms with E-state index in [0.29, 0.717) is 61.1 Å². The molecule has 0 radical (unpaired) electrons. The lowest BCUT2D eigenvalue weighted by molar-refractivity contribution is -0.480. The van der Waals surface area contributed by atoms with Crippen molar-refractivity contribution in [2.24, 2.45) is 82.9 Å². The fraction of sp³-hybridized carbons (Fsp3) is 0.817. The number of nitro groups is 1. The zero-order chi connectivity index (χ0) is 70.5. The number of nitriles is 1. The van der Waals surface area contributed by atoms with Crippen molar-refractivity contribution in [2.75, 3.05) is 25.6 Å². The van der Waals surface area contributed by atoms with E-state index in [1.807, 2.05) is 6.08 Å². The molecule has 0 spiro atoms. The summed E-state index contributed by atoms with van der Waals surface area (Å²) >= 11 is 5.34. The summed E-state index contributed by atoms with van der Waals surface area (Å²) in [5, 5.41) is 17.9. The van der Waals surface area contributed by atoms with E-state index in [4.69, 9.17) is 31.1 Å². The molecular formula is C93H194ClF5N2O7. The summed E-state index contributed by atoms with van der Waals surface area (Å²) in [4.78, 5) is 31.9. The largest absolute Gasteiger partial charge is 0.465 e. The molecule has 6 aliphatic rings. The second-order valence-corrected chi connectivity index (χ2v) is 29.9. The average molecular weight is 1580 g/mol. The van der Waals surface area contributed by atoms with Crippen molar-refractivity contribution in [3.8, 4) is 6.07 Å². The standard InChI is InChI=1S/C13H20.C11H11F5.C11H22.C9H12O2.C8H10O3.C7H13N.C6H13NO2.C4H9Cl.2C4H10.16CH4/c1-12(2)8-6-7-11-13-9-4-3-5-10-13;1-5(2)3-4-6-7(12)9(14)11(16)10(15)8(6)13;1-4-5-6-7-8-9-10-11(2)3;10-9-8-6-2-1-5(3-6)7(8)4-11-9;9-8-7-4(3-10-8)5-1-2-6(7)11-5;1-7(2)5-3-4-6-8;1-6(2)4-3-5-7(8)9;1-4(2)3-5;2*1-4(2)3;;;;;;;;;;;;;;;;/h3-5,9-10,12H,6-8,11H2,1-2H3;5H,3-4H2,1-2H3;4,11H,1,5-10H2,2-3H3;5-8H,1-4H2;4-7H,1-3H2;7H,3-5H2,1-2H3;6H,3-5H2,1-2H3;4H,3H2,1-2H3;2*4H,1-3H3;16*1H4. The smallest absolute Gasteiger partial charge is 0.312 e. The molecule has 6 fully saturated rings. The van der Waals surface area contributed by atoms with Crippen LogP contribution >= 0.6 is 11.6 Å². The first-order chi connectivity index (χ1) is 43.3. The molecule has 0 amide bonds. The molecular weight excluding hydrogens is 1390 g/mol. The minimum absolute atomic E-state index is 0. The van der Waals surface area contributed by atoms with Gasteiger partial charge in [0.25, 0.3) is 0 Å². The van der Waals surface area contributed by atoms with Crippen molar-refractivity contribution < 1.29 is 50.7 Å². The number of nitrogens with zero attached hydrogens (tertiary/aromatic N) is 2. The van der Waals surface area contributed by atoms with Crippen LogP contribution in [0, 0.1) is 133 Å². The molecule has 2 aliphatic carbocycles. The van der Waals surface area contributed by atoms with Gasteiger partial charge in [0.15, 0.2) is 23.3 Å². The van der Waals surface area contributed by atoms with Crippen molar-refractivity contribution in [1.82, 2.24) is 0 Å². The molecule has 660 valence electrons. The zero-order valence-electron chi connectivity index (χ0n) is 60.8. The van der Waals surface area contributed by atoms with Crippen LogP contribution in [0.5, 0.6) is 0 Å². The third-order valence-electron chi connectivity index (χ3n) is 15.9. The molecule has 0 aromatic heterocycles. The maximum Gasteiger partial charge on any atom is 0.312 e. The molecule has 2 aromatic rings. The zero-order valence-corrected chi connectivity index (χ0v) is 61.6. The van der Waals surface area contributed by atoms with E-state index in [2.05, 4.69) is 154 Å². The molecule has 15 heteroatoms. The summed E-state index contributed by atoms with van der Waals surface area (Å²) in [7, 11) is 0. The van der Waals surface area contributed by atoms with Gasteiger partial charge in [-0.25, -0.2) is 22.0 Å². The summed E-state index contributed by atoms with van der Waals surface area (Å²) in [6, 6.07) is 12.9. The molecule has 9 nitrogen and oxygen atoms in total. The van der Waals surface area contributed by atoms with Crippen molar-refractivity contribution in [3.63, 3.8) is 0 Å². The van der Waals surface area contributed by atoms with Gasteiger partial charge in [0.2, 0.25) is 12.4 Å². The molecule has 0 N–H and O–H groups in total. The molecule has 4 heterocycles. The van der Waals surface area contributed by atoms with Crippen molar-refractivity contribution in [2.45, 2.75) is 397 Å². The van der Waals surface area contributed by atoms with Crippen LogP contribution in [0.15, 0.2) is 43.0 Å². The van der Waals surface area contributed by atoms with Gasteiger partial charge in [0.05, 0.1) is 43.3 Å². The van der Waals surface area contributed by atoms with Gasteiger partial charge in [-0.2, -0.15) is 5.26 Å². The second kappa shape index (κ2) is 88.5. The number of aryl methyl sites for hydroxylation is 1. The van der Waals surface area contributed by atoms with Gasteiger partial charge in [-0.15, -0.1) is 18.2 Å². The second-order valence-electron chi connectivity index (χ2n) is 29.6. The number of hydrogen-bond acceptors (Lipinski definition) is 8. The molecule has 2 saturated carbocycles. The van der Waals surface area contributed by atoms with E-state index in [1.54, 1.807) is 13.8 Å². The Kier molecular flexibility index (Phi) is 122. The quantitative estimate of drug-likeness (QED) is 0.0124. The highest BCUT2D eigenvalue weighted by Crippen LogP contribution is 2.55. The van der Waals surface area contributed by atoms with Crippen LogP contribution in [-0.2, 0) is 36.6 Å². The molecule has 8 unspecified atom stereocenters. The Labute approximate surface area is 680 Å². The van der Waals surface area contributed by atoms with Gasteiger partial charge in [-0.05, 0) is 155 Å². The normalized spacial score (nSPS) is 17.4. The van der Waals surface area contributed by atoms with E-state index in [9.17, 15) is 41.7 Å². The van der Waals surface area contributed by atoms with Gasteiger partial charge >= 0.3 is 11.9 Å². The van der Waals surface area contributed by atoms with Gasteiger partial charge in [-0.1, -0.05) is 318 Å². The number of allylic oxidation sites excluding steroid dienone is 1. The number of alkyl halides is 1. The maximum atomic E-state index is 13.1. The number of halogens is 6. The van der Waals surface area contributed by atoms with E-state index in [-0.39, 0.29) is 167 Å². The lowest BCUT2D eigenvalue weighted by Gasteiger charge is -2.19. The lowest BCUT2D eigenvalue weighted by atomic mass is 9.81. The number of benzene rings is 2. The van der Waals surface area contributed by atoms with Crippen LogP contribution in [0.25, 0.3) is 0 Å². The Morgan fingerprint density at radius 1 is 0.491 bits per heavy atom. The highest BCUT2D eigenvalue weighted by Gasteiger charge is 2.57. The van der Waals surface area contributed by atoms with Gasteiger partial charge in [0.1, 0.15) is 0 Å². The summed E-state index contributed by atoms with van der Waals surface area (Å²) in [5.41, 5.74) is 0.747. The fourth-order valence-electron chi connectivity index (χ4n) is 11.1. The SMILES string of the molecule is C.C.C.C.C.C.C.C.C.C.C.C.C.C.C.C.C=CCCCCCCC(C)C.CC(C)C.CC(C)C.CC(C)CCCC#N.CC(C)CCCCc1ccccc1.CC(C)CCC[N+](=O)[O-].CC(C)CCc1c(F)c(F)c(F)c(F)c1F.CC(C)CCl.O=C1OCC2C3CCC(C3)C12.O=C1OCC2C3CCC(O3)C12. The number of carbonyl (C=O) groups is 2. The van der Waals surface area contributed by atoms with Crippen molar-refractivity contribution >= 4 is 23.5 Å². The van der Waals surface area contributed by atoms with Gasteiger partial charge in [-0.3, -0.25) is 19.7 Å². The Bertz CT molecular complexity index is 2190. The summed E-state index contributed by atoms with van der Waals surface area (Å²) in [5.74, 6) is -0.0105. The Morgan fingerprint density at radius 3 is 1.25 bits per heavy atom. The average Bonchev–Trinajstić information content (AvgIpc) is 1.60. The number of rotatable bonds is 23. The van der Waals surface area contributed by atoms with E-state index >= 15 is 0 Å². The van der Waals surface area contributed by atoms with Crippen molar-refractivity contribution in [1.29, 1.82) is 5.26 Å². The third-order valence-corrected chi connectivity index (χ3v) is 16.6. The van der Waals surface area contributed by atoms with Gasteiger partial charge < -0.3 is 14.2 Å². The fourth-order valence-corrected chi connectivity index (χ4v) is 11.1. The molecule has 4 bridgehead atoms. The number of unbranched alkanes of at least 4 members (excludes halogenated alkanes) is 6. The number of cyclic esters (lactones) is 2. The first kappa shape index (κ1) is 149. The molecule has 8 rings (SSSR count). The summed E-state index contributed by atoms with van der Waals surface area (Å²) in [6.45, 7) is 43.6. The monoisotopic (exact) mass is 1580 g/mol. The minimum atomic E-state index is -2.11. The van der Waals surface area contributed by atoms with Gasteiger partial charge in [0, 0.05) is 41.0 Å². The van der Waals surface area contributed by atoms with Crippen LogP contribution < -0.4 is 0 Å². The number of carbonyl (C=O) groups excluding carboxylic acids is 2. The lowest BCUT2D eigenvalue weighted by Crippen LogP contribution is -2.27. The highest BCUT2D eigenvalue weighted by atomic mass is 35.5. The Morgan fingerprint density at radius 2 is 0.861 bits per heavy atom. The maximum absolute atomic E-state index is 13.1. The predicted molar refractivity (Wildman–Crippen MR) is 480 cm³/mol. The van der Waals surface area contributed by atoms with Crippen LogP contribution in [0.3, 0.4) is 0 Å². The number of fused-ring (bicyclic) bond motifs is 10. The highest BCUT2D eigenvalue weighted by molar-refractivity contribution is 6.18. The number of hydrogen-bond donors (Lipinski definition) is 0. The molecule has 2 aromatic carbocycles. The van der Waals surface area contributed by atoms with Crippen LogP contribution in [0.2, 0.25) is 0 Å². The third kappa shape index (κ3) is 71.0. The molecule has 108 heavy (non-hydrogen) atoms. The molecule has 4 saturated heterocycles. The Balaban J connectivity index is -0.0000000523. The van der Waals surface area contributed by atoms with Crippen LogP contribution in [0.4, 0.5) is 22.0 Å². The topological polar surface area (TPSA) is 129 Å². The van der Waals surface area contributed by atoms with E-state index in [0.717, 1.165) is 80.1 Å². The van der Waals surface area contributed by atoms with E-state index < -0.39 is 34.6 Å². The predicted octanol–water partition coefficient (Wildman–Crippen LogP) is 33.2. The Hall–Kier alpha value is -4.09. The first-order valence-electron chi connectivity index (χ1n) is 35.5. The number of ether oxygens (including phenoxy) is 3. The first-order valence-corrected chi connectivity index (χ1v) is 36.0. The molecule has 8 atom stereocenters. The van der Waals surface area contributed by atoms with Crippen LogP contribution in [-0.4, -0.2) is 54.7 Å². The van der Waals surface area contributed by atoms with Crippen LogP contribution in [0.1, 0.15) is 383 Å².